The highest BCUT2D eigenvalue weighted by molar-refractivity contribution is 6.33. The van der Waals surface area contributed by atoms with Crippen LogP contribution in [-0.4, -0.2) is 24.6 Å². The Morgan fingerprint density at radius 1 is 1.27 bits per heavy atom. The summed E-state index contributed by atoms with van der Waals surface area (Å²) in [5.74, 6) is -0.496. The lowest BCUT2D eigenvalue weighted by Crippen LogP contribution is -2.39. The molecule has 1 aromatic rings. The van der Waals surface area contributed by atoms with E-state index in [1.165, 1.54) is 12.5 Å². The normalized spacial score (nSPS) is 15.2. The number of amides is 2. The minimum Gasteiger partial charge on any atom is -0.462 e. The lowest BCUT2D eigenvalue weighted by atomic mass is 9.96. The number of ether oxygens (including phenoxy) is 1. The van der Waals surface area contributed by atoms with Crippen molar-refractivity contribution in [2.45, 2.75) is 45.1 Å². The highest BCUT2D eigenvalue weighted by Crippen LogP contribution is 2.22. The third-order valence-corrected chi connectivity index (χ3v) is 3.99. The molecule has 1 saturated carbocycles. The second-order valence-corrected chi connectivity index (χ2v) is 5.76. The molecule has 0 spiro atoms. The van der Waals surface area contributed by atoms with Gasteiger partial charge in [0.15, 0.2) is 0 Å². The first kappa shape index (κ1) is 16.6. The van der Waals surface area contributed by atoms with Gasteiger partial charge in [-0.25, -0.2) is 9.59 Å². The zero-order valence-corrected chi connectivity index (χ0v) is 13.4. The summed E-state index contributed by atoms with van der Waals surface area (Å²) in [6, 6.07) is 4.73. The van der Waals surface area contributed by atoms with E-state index in [2.05, 4.69) is 10.6 Å². The summed E-state index contributed by atoms with van der Waals surface area (Å²) in [5, 5.41) is 6.00. The molecule has 0 atom stereocenters. The van der Waals surface area contributed by atoms with Crippen LogP contribution in [0.4, 0.5) is 10.5 Å². The van der Waals surface area contributed by atoms with Gasteiger partial charge in [0.25, 0.3) is 0 Å². The second-order valence-electron chi connectivity index (χ2n) is 5.35. The number of nitrogens with one attached hydrogen (secondary N) is 2. The van der Waals surface area contributed by atoms with Crippen molar-refractivity contribution < 1.29 is 14.3 Å². The quantitative estimate of drug-likeness (QED) is 0.823. The molecular weight excluding hydrogens is 304 g/mol. The Bertz CT molecular complexity index is 542. The standard InChI is InChI=1S/C16H21ClN2O3/c1-2-22-15(20)13-10-12(8-9-14(13)17)19-16(21)18-11-6-4-3-5-7-11/h8-11H,2-7H2,1H3,(H2,18,19,21). The van der Waals surface area contributed by atoms with Crippen LogP contribution in [-0.2, 0) is 4.74 Å². The molecule has 2 amide bonds. The van der Waals surface area contributed by atoms with Gasteiger partial charge in [-0.2, -0.15) is 0 Å². The van der Waals surface area contributed by atoms with E-state index in [4.69, 9.17) is 16.3 Å². The number of rotatable bonds is 4. The molecule has 1 aromatic carbocycles. The van der Waals surface area contributed by atoms with E-state index < -0.39 is 5.97 Å². The van der Waals surface area contributed by atoms with Crippen molar-refractivity contribution in [3.05, 3.63) is 28.8 Å². The fraction of sp³-hybridized carbons (Fsp3) is 0.500. The monoisotopic (exact) mass is 324 g/mol. The van der Waals surface area contributed by atoms with Gasteiger partial charge >= 0.3 is 12.0 Å². The fourth-order valence-corrected chi connectivity index (χ4v) is 2.76. The number of esters is 1. The summed E-state index contributed by atoms with van der Waals surface area (Å²) in [6.07, 6.45) is 5.57. The minimum atomic E-state index is -0.496. The van der Waals surface area contributed by atoms with Crippen molar-refractivity contribution in [1.29, 1.82) is 0 Å². The van der Waals surface area contributed by atoms with Gasteiger partial charge < -0.3 is 15.4 Å². The van der Waals surface area contributed by atoms with Crippen LogP contribution in [0.3, 0.4) is 0 Å². The van der Waals surface area contributed by atoms with E-state index in [0.29, 0.717) is 10.7 Å². The van der Waals surface area contributed by atoms with Crippen molar-refractivity contribution in [1.82, 2.24) is 5.32 Å². The van der Waals surface area contributed by atoms with Crippen molar-refractivity contribution in [3.63, 3.8) is 0 Å². The number of benzene rings is 1. The van der Waals surface area contributed by atoms with Crippen LogP contribution in [0.15, 0.2) is 18.2 Å². The van der Waals surface area contributed by atoms with E-state index in [-0.39, 0.29) is 24.2 Å². The average molecular weight is 325 g/mol. The second kappa shape index (κ2) is 8.03. The smallest absolute Gasteiger partial charge is 0.339 e. The van der Waals surface area contributed by atoms with E-state index in [1.807, 2.05) is 0 Å². The van der Waals surface area contributed by atoms with Crippen LogP contribution in [0, 0.1) is 0 Å². The van der Waals surface area contributed by atoms with Crippen LogP contribution < -0.4 is 10.6 Å². The SMILES string of the molecule is CCOC(=O)c1cc(NC(=O)NC2CCCCC2)ccc1Cl. The molecule has 0 aromatic heterocycles. The molecular formula is C16H21ClN2O3. The molecule has 120 valence electrons. The Morgan fingerprint density at radius 3 is 2.68 bits per heavy atom. The zero-order chi connectivity index (χ0) is 15.9. The number of carbonyl (C=O) groups excluding carboxylic acids is 2. The van der Waals surface area contributed by atoms with Crippen molar-refractivity contribution in [2.24, 2.45) is 0 Å². The summed E-state index contributed by atoms with van der Waals surface area (Å²) in [5.41, 5.74) is 0.764. The van der Waals surface area contributed by atoms with Gasteiger partial charge in [0, 0.05) is 11.7 Å². The molecule has 2 rings (SSSR count). The highest BCUT2D eigenvalue weighted by atomic mass is 35.5. The molecule has 1 aliphatic carbocycles. The molecule has 0 saturated heterocycles. The topological polar surface area (TPSA) is 67.4 Å². The predicted molar refractivity (Wildman–Crippen MR) is 86.4 cm³/mol. The summed E-state index contributed by atoms with van der Waals surface area (Å²) in [6.45, 7) is 2.00. The molecule has 0 bridgehead atoms. The van der Waals surface area contributed by atoms with Gasteiger partial charge in [-0.1, -0.05) is 30.9 Å². The Labute approximate surface area is 135 Å². The molecule has 5 nitrogen and oxygen atoms in total. The lowest BCUT2D eigenvalue weighted by Gasteiger charge is -2.22. The predicted octanol–water partition coefficient (Wildman–Crippen LogP) is 3.97. The van der Waals surface area contributed by atoms with Crippen LogP contribution >= 0.6 is 11.6 Å². The van der Waals surface area contributed by atoms with Crippen LogP contribution in [0.2, 0.25) is 5.02 Å². The maximum Gasteiger partial charge on any atom is 0.339 e. The first-order valence-corrected chi connectivity index (χ1v) is 8.02. The number of carbonyl (C=O) groups is 2. The van der Waals surface area contributed by atoms with Gasteiger partial charge in [-0.3, -0.25) is 0 Å². The number of hydrogen-bond donors (Lipinski definition) is 2. The van der Waals surface area contributed by atoms with Crippen LogP contribution in [0.25, 0.3) is 0 Å². The zero-order valence-electron chi connectivity index (χ0n) is 12.7. The Morgan fingerprint density at radius 2 is 2.00 bits per heavy atom. The van der Waals surface area contributed by atoms with Crippen molar-refractivity contribution in [2.75, 3.05) is 11.9 Å². The van der Waals surface area contributed by atoms with Crippen LogP contribution in [0.5, 0.6) is 0 Å². The maximum absolute atomic E-state index is 12.0. The average Bonchev–Trinajstić information content (AvgIpc) is 2.50. The van der Waals surface area contributed by atoms with Crippen LogP contribution in [0.1, 0.15) is 49.4 Å². The first-order valence-electron chi connectivity index (χ1n) is 7.64. The first-order chi connectivity index (χ1) is 10.6. The molecule has 1 aliphatic rings. The molecule has 2 N–H and O–H groups in total. The third-order valence-electron chi connectivity index (χ3n) is 3.66. The van der Waals surface area contributed by atoms with Gasteiger partial charge in [-0.05, 0) is 38.0 Å². The summed E-state index contributed by atoms with van der Waals surface area (Å²) < 4.78 is 4.94. The lowest BCUT2D eigenvalue weighted by molar-refractivity contribution is 0.0526. The van der Waals surface area contributed by atoms with Gasteiger partial charge in [-0.15, -0.1) is 0 Å². The van der Waals surface area contributed by atoms with E-state index in [9.17, 15) is 9.59 Å². The number of hydrogen-bond acceptors (Lipinski definition) is 3. The van der Waals surface area contributed by atoms with Gasteiger partial charge in [0.1, 0.15) is 0 Å². The highest BCUT2D eigenvalue weighted by Gasteiger charge is 2.17. The van der Waals surface area contributed by atoms with E-state index in [0.717, 1.165) is 25.7 Å². The van der Waals surface area contributed by atoms with Crippen molar-refractivity contribution in [3.8, 4) is 0 Å². The maximum atomic E-state index is 12.0. The molecule has 0 radical (unpaired) electrons. The van der Waals surface area contributed by atoms with E-state index >= 15 is 0 Å². The molecule has 1 fully saturated rings. The fourth-order valence-electron chi connectivity index (χ4n) is 2.57. The molecule has 0 unspecified atom stereocenters. The number of urea groups is 1. The molecule has 0 aliphatic heterocycles. The van der Waals surface area contributed by atoms with Crippen molar-refractivity contribution >= 4 is 29.3 Å². The Balaban J connectivity index is 1.98. The molecule has 0 heterocycles. The van der Waals surface area contributed by atoms with E-state index in [1.54, 1.807) is 19.1 Å². The summed E-state index contributed by atoms with van der Waals surface area (Å²) in [7, 11) is 0. The van der Waals surface area contributed by atoms with Gasteiger partial charge in [0.05, 0.1) is 17.2 Å². The van der Waals surface area contributed by atoms with Gasteiger partial charge in [0.2, 0.25) is 0 Å². The number of halogens is 1. The largest absolute Gasteiger partial charge is 0.462 e. The minimum absolute atomic E-state index is 0.227. The summed E-state index contributed by atoms with van der Waals surface area (Å²) in [4.78, 5) is 23.8. The third kappa shape index (κ3) is 4.63. The summed E-state index contributed by atoms with van der Waals surface area (Å²) >= 11 is 5.99. The Kier molecular flexibility index (Phi) is 6.07. The number of anilines is 1. The molecule has 22 heavy (non-hydrogen) atoms. The Hall–Kier alpha value is -1.75. The molecule has 6 heteroatoms.